The van der Waals surface area contributed by atoms with Crippen LogP contribution in [0, 0.1) is 0 Å². The van der Waals surface area contributed by atoms with Gasteiger partial charge in [-0.1, -0.05) is 53.0 Å². The number of hydrogen-bond donors (Lipinski definition) is 1. The Hall–Kier alpha value is -3.32. The molecule has 1 aliphatic rings. The zero-order chi connectivity index (χ0) is 25.2. The minimum absolute atomic E-state index is 0.0981. The average molecular weight is 544 g/mol. The number of amides is 1. The van der Waals surface area contributed by atoms with Gasteiger partial charge in [-0.3, -0.25) is 4.79 Å². The number of ether oxygens (including phenoxy) is 2. The van der Waals surface area contributed by atoms with Crippen LogP contribution in [0.25, 0.3) is 0 Å². The van der Waals surface area contributed by atoms with Crippen molar-refractivity contribution in [3.05, 3.63) is 111 Å². The minimum atomic E-state index is -0.454. The molecule has 184 valence electrons. The first-order valence-corrected chi connectivity index (χ1v) is 12.2. The molecule has 2 heterocycles. The minimum Gasteiger partial charge on any atom is -0.496 e. The number of para-hydroxylation sites is 1. The molecule has 1 N–H and O–H groups in total. The molecule has 4 aromatic rings. The third-order valence-electron chi connectivity index (χ3n) is 5.88. The van der Waals surface area contributed by atoms with Crippen LogP contribution < -0.4 is 14.8 Å². The van der Waals surface area contributed by atoms with Gasteiger partial charge < -0.3 is 24.1 Å². The standard InChI is InChI=1S/C27H21Cl3N2O4/c1-34-24-9-8-16(11-17(24)15-36-25-21(29)12-18(28)13-22(25)30)26-31-23-7-3-2-6-20(23)27(33)32(26)14-19-5-4-10-35-19/h2-13,26,31H,14-15H2,1H3. The summed E-state index contributed by atoms with van der Waals surface area (Å²) in [6, 6.07) is 19.9. The fourth-order valence-corrected chi connectivity index (χ4v) is 5.11. The molecular weight excluding hydrogens is 523 g/mol. The van der Waals surface area contributed by atoms with Crippen molar-refractivity contribution in [3.8, 4) is 11.5 Å². The van der Waals surface area contributed by atoms with Gasteiger partial charge in [0.2, 0.25) is 0 Å². The SMILES string of the molecule is COc1ccc(C2Nc3ccccc3C(=O)N2Cc2ccco2)cc1COc1c(Cl)cc(Cl)cc1Cl. The van der Waals surface area contributed by atoms with Crippen LogP contribution in [0.5, 0.6) is 11.5 Å². The van der Waals surface area contributed by atoms with Gasteiger partial charge in [0.25, 0.3) is 5.91 Å². The second kappa shape index (κ2) is 10.3. The monoisotopic (exact) mass is 542 g/mol. The highest BCUT2D eigenvalue weighted by atomic mass is 35.5. The van der Waals surface area contributed by atoms with Gasteiger partial charge in [0.15, 0.2) is 5.75 Å². The topological polar surface area (TPSA) is 63.9 Å². The smallest absolute Gasteiger partial charge is 0.258 e. The van der Waals surface area contributed by atoms with Crippen LogP contribution in [-0.2, 0) is 13.2 Å². The third-order valence-corrected chi connectivity index (χ3v) is 6.66. The predicted octanol–water partition coefficient (Wildman–Crippen LogP) is 7.59. The van der Waals surface area contributed by atoms with Crippen LogP contribution in [0.2, 0.25) is 15.1 Å². The quantitative estimate of drug-likeness (QED) is 0.260. The van der Waals surface area contributed by atoms with Crippen molar-refractivity contribution in [2.45, 2.75) is 19.3 Å². The first-order valence-electron chi connectivity index (χ1n) is 11.1. The number of nitrogens with zero attached hydrogens (tertiary/aromatic N) is 1. The largest absolute Gasteiger partial charge is 0.496 e. The van der Waals surface area contributed by atoms with Crippen LogP contribution in [0.4, 0.5) is 5.69 Å². The number of methoxy groups -OCH3 is 1. The number of furan rings is 1. The Morgan fingerprint density at radius 2 is 1.78 bits per heavy atom. The van der Waals surface area contributed by atoms with Crippen molar-refractivity contribution >= 4 is 46.4 Å². The summed E-state index contributed by atoms with van der Waals surface area (Å²) >= 11 is 18.6. The third kappa shape index (κ3) is 4.85. The predicted molar refractivity (Wildman–Crippen MR) is 140 cm³/mol. The molecule has 0 saturated carbocycles. The first-order chi connectivity index (χ1) is 17.4. The molecule has 36 heavy (non-hydrogen) atoms. The Morgan fingerprint density at radius 1 is 1.00 bits per heavy atom. The average Bonchev–Trinajstić information content (AvgIpc) is 3.38. The van der Waals surface area contributed by atoms with Gasteiger partial charge >= 0.3 is 0 Å². The van der Waals surface area contributed by atoms with Crippen molar-refractivity contribution in [1.82, 2.24) is 4.90 Å². The number of rotatable bonds is 7. The van der Waals surface area contributed by atoms with Crippen LogP contribution in [0.15, 0.2) is 77.4 Å². The van der Waals surface area contributed by atoms with Crippen molar-refractivity contribution in [2.75, 3.05) is 12.4 Å². The first kappa shape index (κ1) is 24.4. The van der Waals surface area contributed by atoms with E-state index in [-0.39, 0.29) is 12.5 Å². The van der Waals surface area contributed by atoms with Gasteiger partial charge in [0.1, 0.15) is 24.3 Å². The molecule has 0 radical (unpaired) electrons. The van der Waals surface area contributed by atoms with Crippen molar-refractivity contribution in [1.29, 1.82) is 0 Å². The van der Waals surface area contributed by atoms with E-state index in [0.717, 1.165) is 16.8 Å². The highest BCUT2D eigenvalue weighted by Gasteiger charge is 2.33. The van der Waals surface area contributed by atoms with E-state index < -0.39 is 6.17 Å². The van der Waals surface area contributed by atoms with Crippen LogP contribution in [0.3, 0.4) is 0 Å². The summed E-state index contributed by atoms with van der Waals surface area (Å²) in [5, 5.41) is 4.53. The van der Waals surface area contributed by atoms with E-state index in [4.69, 9.17) is 48.7 Å². The normalized spacial score (nSPS) is 14.8. The van der Waals surface area contributed by atoms with E-state index in [1.54, 1.807) is 36.5 Å². The van der Waals surface area contributed by atoms with Crippen LogP contribution in [-0.4, -0.2) is 17.9 Å². The molecule has 3 aromatic carbocycles. The maximum absolute atomic E-state index is 13.5. The Morgan fingerprint density at radius 3 is 2.50 bits per heavy atom. The molecule has 0 saturated heterocycles. The van der Waals surface area contributed by atoms with E-state index in [1.807, 2.05) is 48.5 Å². The number of nitrogens with one attached hydrogen (secondary N) is 1. The van der Waals surface area contributed by atoms with Crippen LogP contribution in [0.1, 0.15) is 33.4 Å². The second-order valence-corrected chi connectivity index (χ2v) is 9.41. The Balaban J connectivity index is 1.49. The zero-order valence-electron chi connectivity index (χ0n) is 19.1. The lowest BCUT2D eigenvalue weighted by Gasteiger charge is -2.38. The number of anilines is 1. The highest BCUT2D eigenvalue weighted by Crippen LogP contribution is 2.38. The van der Waals surface area contributed by atoms with E-state index in [2.05, 4.69) is 5.32 Å². The van der Waals surface area contributed by atoms with Gasteiger partial charge in [-0.25, -0.2) is 0 Å². The van der Waals surface area contributed by atoms with E-state index in [1.165, 1.54) is 0 Å². The number of fused-ring (bicyclic) bond motifs is 1. The molecule has 1 atom stereocenters. The maximum Gasteiger partial charge on any atom is 0.258 e. The summed E-state index contributed by atoms with van der Waals surface area (Å²) in [6.07, 6.45) is 1.14. The maximum atomic E-state index is 13.5. The van der Waals surface area contributed by atoms with Gasteiger partial charge in [-0.2, -0.15) is 0 Å². The van der Waals surface area contributed by atoms with Gasteiger partial charge in [0, 0.05) is 16.3 Å². The summed E-state index contributed by atoms with van der Waals surface area (Å²) in [6.45, 7) is 0.430. The lowest BCUT2D eigenvalue weighted by Crippen LogP contribution is -2.42. The summed E-state index contributed by atoms with van der Waals surface area (Å²) < 4.78 is 17.1. The second-order valence-electron chi connectivity index (χ2n) is 8.16. The summed E-state index contributed by atoms with van der Waals surface area (Å²) in [5.74, 6) is 1.53. The molecule has 9 heteroatoms. The highest BCUT2D eigenvalue weighted by molar-refractivity contribution is 6.40. The lowest BCUT2D eigenvalue weighted by molar-refractivity contribution is 0.0651. The molecule has 0 bridgehead atoms. The molecule has 1 unspecified atom stereocenters. The van der Waals surface area contributed by atoms with Crippen molar-refractivity contribution < 1.29 is 18.7 Å². The fourth-order valence-electron chi connectivity index (χ4n) is 4.19. The van der Waals surface area contributed by atoms with Gasteiger partial charge in [0.05, 0.1) is 35.5 Å². The summed E-state index contributed by atoms with van der Waals surface area (Å²) in [7, 11) is 1.59. The molecule has 1 aromatic heterocycles. The molecule has 6 nitrogen and oxygen atoms in total. The van der Waals surface area contributed by atoms with E-state index in [9.17, 15) is 4.79 Å². The van der Waals surface area contributed by atoms with E-state index in [0.29, 0.717) is 44.4 Å². The molecule has 1 aliphatic heterocycles. The summed E-state index contributed by atoms with van der Waals surface area (Å²) in [4.78, 5) is 15.2. The number of carbonyl (C=O) groups is 1. The Labute approximate surface area is 223 Å². The van der Waals surface area contributed by atoms with E-state index >= 15 is 0 Å². The number of halogens is 3. The zero-order valence-corrected chi connectivity index (χ0v) is 21.4. The van der Waals surface area contributed by atoms with Crippen LogP contribution >= 0.6 is 34.8 Å². The molecule has 1 amide bonds. The Kier molecular flexibility index (Phi) is 7.01. The number of benzene rings is 3. The van der Waals surface area contributed by atoms with Crippen molar-refractivity contribution in [2.24, 2.45) is 0 Å². The molecule has 0 fully saturated rings. The summed E-state index contributed by atoms with van der Waals surface area (Å²) in [5.41, 5.74) is 2.96. The fraction of sp³-hybridized carbons (Fsp3) is 0.148. The van der Waals surface area contributed by atoms with Crippen molar-refractivity contribution in [3.63, 3.8) is 0 Å². The van der Waals surface area contributed by atoms with Gasteiger partial charge in [-0.15, -0.1) is 0 Å². The Bertz CT molecular complexity index is 1390. The number of hydrogen-bond acceptors (Lipinski definition) is 5. The van der Waals surface area contributed by atoms with Gasteiger partial charge in [-0.05, 0) is 54.1 Å². The number of carbonyl (C=O) groups excluding carboxylic acids is 1. The molecule has 0 spiro atoms. The molecule has 5 rings (SSSR count). The molecular formula is C27H21Cl3N2O4. The lowest BCUT2D eigenvalue weighted by atomic mass is 10.0. The molecule has 0 aliphatic carbocycles.